The molecule has 0 bridgehead atoms. The van der Waals surface area contributed by atoms with Crippen molar-refractivity contribution in [1.29, 1.82) is 5.41 Å². The van der Waals surface area contributed by atoms with Crippen LogP contribution in [0, 0.1) is 5.41 Å². The molecule has 6 N–H and O–H groups in total. The molecule has 0 fully saturated rings. The highest BCUT2D eigenvalue weighted by molar-refractivity contribution is 6.08. The summed E-state index contributed by atoms with van der Waals surface area (Å²) in [5, 5.41) is 17.3. The van der Waals surface area contributed by atoms with Gasteiger partial charge in [-0.25, -0.2) is 4.79 Å². The van der Waals surface area contributed by atoms with Crippen LogP contribution in [0.15, 0.2) is 79.0 Å². The zero-order valence-electron chi connectivity index (χ0n) is 17.2. The molecule has 0 saturated heterocycles. The lowest BCUT2D eigenvalue weighted by molar-refractivity contribution is 0.0697. The Hall–Kier alpha value is -4.39. The summed E-state index contributed by atoms with van der Waals surface area (Å²) in [5.74, 6) is -0.539. The minimum absolute atomic E-state index is 0.00625. The molecule has 1 unspecified atom stereocenters. The van der Waals surface area contributed by atoms with E-state index in [4.69, 9.17) is 21.6 Å². The standard InChI is InChI=1S/C25H22N4O3/c26-22-20(16-5-4-6-17(13-16)25(30)31)14-29-23(21(22)24(27)28)15-9-11-19(12-10-15)32-18-7-2-1-3-8-18/h1-7,9-14,18H,8H2,(H2,26,29)(H3,27,28)(H,30,31). The number of amidine groups is 1. The smallest absolute Gasteiger partial charge is 0.335 e. The normalized spacial score (nSPS) is 14.8. The van der Waals surface area contributed by atoms with Crippen molar-refractivity contribution in [1.82, 2.24) is 4.98 Å². The fourth-order valence-corrected chi connectivity index (χ4v) is 3.58. The van der Waals surface area contributed by atoms with Gasteiger partial charge in [-0.3, -0.25) is 10.4 Å². The second-order valence-corrected chi connectivity index (χ2v) is 7.34. The van der Waals surface area contributed by atoms with Crippen molar-refractivity contribution < 1.29 is 14.6 Å². The Balaban J connectivity index is 1.69. The number of allylic oxidation sites excluding steroid dienone is 2. The second kappa shape index (κ2) is 8.77. The number of carboxylic acid groups (broad SMARTS) is 1. The molecule has 160 valence electrons. The summed E-state index contributed by atoms with van der Waals surface area (Å²) in [6.07, 6.45) is 10.4. The number of nitrogens with two attached hydrogens (primary N) is 2. The number of pyridine rings is 1. The molecule has 0 amide bonds. The van der Waals surface area contributed by atoms with Crippen LogP contribution in [0.2, 0.25) is 0 Å². The molecule has 1 aliphatic rings. The zero-order valence-corrected chi connectivity index (χ0v) is 17.2. The number of aromatic nitrogens is 1. The highest BCUT2D eigenvalue weighted by Gasteiger charge is 2.18. The Labute approximate surface area is 185 Å². The highest BCUT2D eigenvalue weighted by Crippen LogP contribution is 2.34. The SMILES string of the molecule is N=C(N)c1c(-c2ccc(OC3C=CC=CC3)cc2)ncc(-c2cccc(C(=O)O)c2)c1N. The first-order valence-electron chi connectivity index (χ1n) is 10.0. The summed E-state index contributed by atoms with van der Waals surface area (Å²) in [7, 11) is 0. The molecule has 32 heavy (non-hydrogen) atoms. The number of hydrogen-bond acceptors (Lipinski definition) is 5. The molecule has 3 aromatic rings. The Morgan fingerprint density at radius 2 is 1.91 bits per heavy atom. The first-order chi connectivity index (χ1) is 15.4. The van der Waals surface area contributed by atoms with E-state index < -0.39 is 5.97 Å². The predicted octanol–water partition coefficient (Wildman–Crippen LogP) is 4.24. The molecule has 1 atom stereocenters. The van der Waals surface area contributed by atoms with Gasteiger partial charge in [0.25, 0.3) is 0 Å². The summed E-state index contributed by atoms with van der Waals surface area (Å²) in [6.45, 7) is 0. The molecule has 0 aliphatic heterocycles. The molecule has 1 aliphatic carbocycles. The Morgan fingerprint density at radius 1 is 1.12 bits per heavy atom. The minimum atomic E-state index is -1.04. The summed E-state index contributed by atoms with van der Waals surface area (Å²) < 4.78 is 5.96. The topological polar surface area (TPSA) is 135 Å². The number of anilines is 1. The molecule has 1 aromatic heterocycles. The number of nitrogens with one attached hydrogen (secondary N) is 1. The van der Waals surface area contributed by atoms with Crippen LogP contribution in [0.1, 0.15) is 22.3 Å². The third kappa shape index (κ3) is 4.22. The van der Waals surface area contributed by atoms with Crippen LogP contribution in [0.25, 0.3) is 22.4 Å². The van der Waals surface area contributed by atoms with Gasteiger partial charge >= 0.3 is 5.97 Å². The van der Waals surface area contributed by atoms with Crippen LogP contribution in [0.4, 0.5) is 5.69 Å². The molecule has 0 spiro atoms. The monoisotopic (exact) mass is 426 g/mol. The van der Waals surface area contributed by atoms with Crippen molar-refractivity contribution in [2.24, 2.45) is 5.73 Å². The summed E-state index contributed by atoms with van der Waals surface area (Å²) in [4.78, 5) is 15.8. The number of aromatic carboxylic acids is 1. The average Bonchev–Trinajstić information content (AvgIpc) is 2.80. The van der Waals surface area contributed by atoms with E-state index in [9.17, 15) is 9.90 Å². The fraction of sp³-hybridized carbons (Fsp3) is 0.0800. The third-order valence-corrected chi connectivity index (χ3v) is 5.17. The number of nitrogen functional groups attached to an aromatic ring is 2. The number of carbonyl (C=O) groups is 1. The van der Waals surface area contributed by atoms with Gasteiger partial charge in [-0.05, 0) is 48.0 Å². The van der Waals surface area contributed by atoms with Crippen molar-refractivity contribution in [2.45, 2.75) is 12.5 Å². The molecule has 7 nitrogen and oxygen atoms in total. The van der Waals surface area contributed by atoms with Gasteiger partial charge in [0.1, 0.15) is 17.7 Å². The van der Waals surface area contributed by atoms with Gasteiger partial charge in [-0.15, -0.1) is 0 Å². The molecule has 0 saturated carbocycles. The Bertz CT molecular complexity index is 1250. The first-order valence-corrected chi connectivity index (χ1v) is 10.0. The largest absolute Gasteiger partial charge is 0.486 e. The van der Waals surface area contributed by atoms with Crippen molar-refractivity contribution in [3.63, 3.8) is 0 Å². The molecule has 1 heterocycles. The van der Waals surface area contributed by atoms with Gasteiger partial charge < -0.3 is 21.3 Å². The molecular weight excluding hydrogens is 404 g/mol. The van der Waals surface area contributed by atoms with Crippen molar-refractivity contribution in [3.8, 4) is 28.1 Å². The maximum Gasteiger partial charge on any atom is 0.335 e. The van der Waals surface area contributed by atoms with E-state index in [0.29, 0.717) is 22.4 Å². The van der Waals surface area contributed by atoms with E-state index in [0.717, 1.165) is 17.7 Å². The van der Waals surface area contributed by atoms with E-state index in [1.54, 1.807) is 18.3 Å². The van der Waals surface area contributed by atoms with E-state index in [-0.39, 0.29) is 23.2 Å². The first kappa shape index (κ1) is 20.9. The molecule has 2 aromatic carbocycles. The second-order valence-electron chi connectivity index (χ2n) is 7.34. The zero-order chi connectivity index (χ0) is 22.7. The van der Waals surface area contributed by atoms with Gasteiger partial charge in [0, 0.05) is 23.7 Å². The lowest BCUT2D eigenvalue weighted by Crippen LogP contribution is -2.17. The highest BCUT2D eigenvalue weighted by atomic mass is 16.5. The van der Waals surface area contributed by atoms with Gasteiger partial charge in [-0.2, -0.15) is 0 Å². The van der Waals surface area contributed by atoms with Crippen LogP contribution in [-0.2, 0) is 0 Å². The van der Waals surface area contributed by atoms with Crippen molar-refractivity contribution >= 4 is 17.5 Å². The Morgan fingerprint density at radius 3 is 2.56 bits per heavy atom. The van der Waals surface area contributed by atoms with Gasteiger partial charge in [0.2, 0.25) is 0 Å². The lowest BCUT2D eigenvalue weighted by atomic mass is 9.96. The number of ether oxygens (including phenoxy) is 1. The Kier molecular flexibility index (Phi) is 5.72. The maximum absolute atomic E-state index is 11.3. The molecule has 7 heteroatoms. The van der Waals surface area contributed by atoms with Crippen LogP contribution >= 0.6 is 0 Å². The lowest BCUT2D eigenvalue weighted by Gasteiger charge is -2.17. The number of benzene rings is 2. The number of hydrogen-bond donors (Lipinski definition) is 4. The average molecular weight is 426 g/mol. The summed E-state index contributed by atoms with van der Waals surface area (Å²) in [6, 6.07) is 13.8. The van der Waals surface area contributed by atoms with Crippen LogP contribution in [0.5, 0.6) is 5.75 Å². The van der Waals surface area contributed by atoms with Crippen LogP contribution < -0.4 is 16.2 Å². The predicted molar refractivity (Wildman–Crippen MR) is 125 cm³/mol. The van der Waals surface area contributed by atoms with E-state index in [2.05, 4.69) is 11.1 Å². The van der Waals surface area contributed by atoms with E-state index in [1.165, 1.54) is 12.1 Å². The van der Waals surface area contributed by atoms with E-state index >= 15 is 0 Å². The van der Waals surface area contributed by atoms with Crippen LogP contribution in [0.3, 0.4) is 0 Å². The molecule has 4 rings (SSSR count). The molecular formula is C25H22N4O3. The number of carboxylic acids is 1. The van der Waals surface area contributed by atoms with Crippen molar-refractivity contribution in [2.75, 3.05) is 5.73 Å². The third-order valence-electron chi connectivity index (χ3n) is 5.17. The number of rotatable bonds is 6. The van der Waals surface area contributed by atoms with E-state index in [1.807, 2.05) is 42.5 Å². The molecule has 0 radical (unpaired) electrons. The summed E-state index contributed by atoms with van der Waals surface area (Å²) in [5.41, 5.74) is 15.3. The quantitative estimate of drug-likeness (QED) is 0.344. The fourth-order valence-electron chi connectivity index (χ4n) is 3.58. The maximum atomic E-state index is 11.3. The van der Waals surface area contributed by atoms with Crippen LogP contribution in [-0.4, -0.2) is 28.0 Å². The minimum Gasteiger partial charge on any atom is -0.486 e. The van der Waals surface area contributed by atoms with Gasteiger partial charge in [-0.1, -0.05) is 30.4 Å². The van der Waals surface area contributed by atoms with Gasteiger partial charge in [0.15, 0.2) is 0 Å². The van der Waals surface area contributed by atoms with Gasteiger partial charge in [0.05, 0.1) is 22.5 Å². The summed E-state index contributed by atoms with van der Waals surface area (Å²) >= 11 is 0. The van der Waals surface area contributed by atoms with Crippen molar-refractivity contribution in [3.05, 3.63) is 90.2 Å². The number of nitrogens with zero attached hydrogens (tertiary/aromatic N) is 1.